The highest BCUT2D eigenvalue weighted by atomic mass is 16.7. The van der Waals surface area contributed by atoms with E-state index in [0.717, 1.165) is 11.1 Å². The minimum atomic E-state index is -0.889. The zero-order valence-corrected chi connectivity index (χ0v) is 10.6. The lowest BCUT2D eigenvalue weighted by molar-refractivity contribution is -0.154. The second-order valence-electron chi connectivity index (χ2n) is 4.28. The molecule has 2 rings (SSSR count). The molecule has 1 aromatic heterocycles. The lowest BCUT2D eigenvalue weighted by atomic mass is 10.2. The van der Waals surface area contributed by atoms with Gasteiger partial charge in [-0.1, -0.05) is 6.07 Å². The zero-order chi connectivity index (χ0) is 13.7. The molecule has 1 aliphatic rings. The van der Waals surface area contributed by atoms with Crippen molar-refractivity contribution < 1.29 is 19.5 Å². The monoisotopic (exact) mass is 264 g/mol. The molecule has 0 aromatic carbocycles. The van der Waals surface area contributed by atoms with Gasteiger partial charge in [0.1, 0.15) is 6.10 Å². The first kappa shape index (κ1) is 13.8. The Morgan fingerprint density at radius 3 is 3.11 bits per heavy atom. The Morgan fingerprint density at radius 2 is 2.37 bits per heavy atom. The summed E-state index contributed by atoms with van der Waals surface area (Å²) in [4.78, 5) is 20.8. The Bertz CT molecular complexity index is 475. The Morgan fingerprint density at radius 1 is 1.53 bits per heavy atom. The van der Waals surface area contributed by atoms with Gasteiger partial charge in [0.2, 0.25) is 5.78 Å². The van der Waals surface area contributed by atoms with Gasteiger partial charge in [-0.05, 0) is 30.2 Å². The molecule has 2 N–H and O–H groups in total. The molecule has 19 heavy (non-hydrogen) atoms. The van der Waals surface area contributed by atoms with Crippen LogP contribution in [0.15, 0.2) is 30.6 Å². The number of aliphatic hydroxyl groups excluding tert-OH is 1. The first-order valence-electron chi connectivity index (χ1n) is 5.95. The van der Waals surface area contributed by atoms with Crippen molar-refractivity contribution >= 4 is 5.78 Å². The third kappa shape index (κ3) is 3.93. The van der Waals surface area contributed by atoms with E-state index in [4.69, 9.17) is 14.7 Å². The number of pyridine rings is 1. The van der Waals surface area contributed by atoms with Crippen LogP contribution in [-0.4, -0.2) is 34.8 Å². The van der Waals surface area contributed by atoms with Crippen molar-refractivity contribution in [2.24, 2.45) is 0 Å². The molecule has 2 atom stereocenters. The number of ketones is 1. The molecule has 0 amide bonds. The average Bonchev–Trinajstić information content (AvgIpc) is 2.41. The van der Waals surface area contributed by atoms with Gasteiger partial charge in [0.25, 0.3) is 0 Å². The van der Waals surface area contributed by atoms with Gasteiger partial charge < -0.3 is 9.84 Å². The molecule has 0 saturated carbocycles. The van der Waals surface area contributed by atoms with Gasteiger partial charge in [0.05, 0.1) is 13.2 Å². The van der Waals surface area contributed by atoms with Crippen LogP contribution < -0.4 is 5.48 Å². The van der Waals surface area contributed by atoms with Crippen LogP contribution in [0.25, 0.3) is 0 Å². The minimum absolute atomic E-state index is 0.177. The molecule has 0 aliphatic carbocycles. The second-order valence-corrected chi connectivity index (χ2v) is 4.28. The van der Waals surface area contributed by atoms with Crippen molar-refractivity contribution in [1.82, 2.24) is 10.5 Å². The predicted octanol–water partition coefficient (Wildman–Crippen LogP) is 0.254. The van der Waals surface area contributed by atoms with E-state index in [1.165, 1.54) is 12.2 Å². The van der Waals surface area contributed by atoms with Crippen LogP contribution in [0, 0.1) is 6.92 Å². The molecule has 2 heterocycles. The molecule has 0 fully saturated rings. The SMILES string of the molecule is Cc1cncc(CON[C@@H]2OC(CO)C=CC2=O)c1. The molecule has 6 heteroatoms. The van der Waals surface area contributed by atoms with Crippen LogP contribution in [0.4, 0.5) is 0 Å². The highest BCUT2D eigenvalue weighted by molar-refractivity contribution is 5.93. The molecule has 1 aliphatic heterocycles. The van der Waals surface area contributed by atoms with Crippen molar-refractivity contribution in [3.05, 3.63) is 41.7 Å². The van der Waals surface area contributed by atoms with Gasteiger partial charge in [0.15, 0.2) is 6.23 Å². The van der Waals surface area contributed by atoms with Gasteiger partial charge in [-0.2, -0.15) is 5.48 Å². The Kier molecular flexibility index (Phi) is 4.75. The fraction of sp³-hybridized carbons (Fsp3) is 0.385. The first-order chi connectivity index (χ1) is 9.19. The quantitative estimate of drug-likeness (QED) is 0.742. The van der Waals surface area contributed by atoms with Gasteiger partial charge in [-0.15, -0.1) is 0 Å². The highest BCUT2D eigenvalue weighted by Crippen LogP contribution is 2.08. The number of aromatic nitrogens is 1. The normalized spacial score (nSPS) is 22.7. The summed E-state index contributed by atoms with van der Waals surface area (Å²) in [5.41, 5.74) is 4.47. The average molecular weight is 264 g/mol. The van der Waals surface area contributed by atoms with E-state index in [0.29, 0.717) is 0 Å². The Hall–Kier alpha value is -1.60. The van der Waals surface area contributed by atoms with Crippen LogP contribution in [-0.2, 0) is 21.0 Å². The highest BCUT2D eigenvalue weighted by Gasteiger charge is 2.24. The molecule has 0 saturated heterocycles. The number of ether oxygens (including phenoxy) is 1. The fourth-order valence-corrected chi connectivity index (χ4v) is 1.66. The maximum absolute atomic E-state index is 11.5. The standard InChI is InChI=1S/C13H16N2O4/c1-9-4-10(6-14-5-9)8-18-15-13-12(17)3-2-11(7-16)19-13/h2-6,11,13,15-16H,7-8H2,1H3/t11?,13-/m1/s1. The number of carbonyl (C=O) groups is 1. The number of nitrogens with zero attached hydrogens (tertiary/aromatic N) is 1. The van der Waals surface area contributed by atoms with Gasteiger partial charge in [0, 0.05) is 12.4 Å². The number of carbonyl (C=O) groups excluding carboxylic acids is 1. The van der Waals surface area contributed by atoms with E-state index in [1.54, 1.807) is 12.4 Å². The van der Waals surface area contributed by atoms with Gasteiger partial charge in [-0.3, -0.25) is 14.6 Å². The molecule has 1 unspecified atom stereocenters. The van der Waals surface area contributed by atoms with Crippen LogP contribution in [0.5, 0.6) is 0 Å². The third-order valence-electron chi connectivity index (χ3n) is 2.59. The van der Waals surface area contributed by atoms with Crippen LogP contribution in [0.1, 0.15) is 11.1 Å². The van der Waals surface area contributed by atoms with Crippen molar-refractivity contribution in [2.75, 3.05) is 6.61 Å². The van der Waals surface area contributed by atoms with Gasteiger partial charge >= 0.3 is 0 Å². The molecule has 0 bridgehead atoms. The number of hydrogen-bond acceptors (Lipinski definition) is 6. The maximum Gasteiger partial charge on any atom is 0.201 e. The summed E-state index contributed by atoms with van der Waals surface area (Å²) in [6, 6.07) is 1.94. The maximum atomic E-state index is 11.5. The van der Waals surface area contributed by atoms with Crippen molar-refractivity contribution in [3.8, 4) is 0 Å². The number of rotatable bonds is 5. The number of hydroxylamine groups is 1. The second kappa shape index (κ2) is 6.53. The summed E-state index contributed by atoms with van der Waals surface area (Å²) in [6.45, 7) is 2.04. The van der Waals surface area contributed by atoms with E-state index in [-0.39, 0.29) is 19.0 Å². The molecule has 1 aromatic rings. The van der Waals surface area contributed by atoms with E-state index < -0.39 is 12.3 Å². The predicted molar refractivity (Wildman–Crippen MR) is 66.8 cm³/mol. The van der Waals surface area contributed by atoms with E-state index in [1.807, 2.05) is 13.0 Å². The van der Waals surface area contributed by atoms with E-state index in [9.17, 15) is 4.79 Å². The summed E-state index contributed by atoms with van der Waals surface area (Å²) in [5, 5.41) is 8.96. The molecule has 0 spiro atoms. The lowest BCUT2D eigenvalue weighted by Crippen LogP contribution is -2.43. The topological polar surface area (TPSA) is 80.7 Å². The zero-order valence-electron chi connectivity index (χ0n) is 10.6. The number of aliphatic hydroxyl groups is 1. The smallest absolute Gasteiger partial charge is 0.201 e. The lowest BCUT2D eigenvalue weighted by Gasteiger charge is -2.23. The largest absolute Gasteiger partial charge is 0.393 e. The Labute approximate surface area is 111 Å². The Balaban J connectivity index is 1.82. The van der Waals surface area contributed by atoms with Crippen molar-refractivity contribution in [1.29, 1.82) is 0 Å². The number of hydrogen-bond donors (Lipinski definition) is 2. The van der Waals surface area contributed by atoms with Crippen LogP contribution in [0.3, 0.4) is 0 Å². The van der Waals surface area contributed by atoms with E-state index >= 15 is 0 Å². The first-order valence-corrected chi connectivity index (χ1v) is 5.95. The third-order valence-corrected chi connectivity index (χ3v) is 2.59. The molecule has 0 radical (unpaired) electrons. The summed E-state index contributed by atoms with van der Waals surface area (Å²) in [6.07, 6.45) is 4.96. The van der Waals surface area contributed by atoms with Crippen molar-refractivity contribution in [3.63, 3.8) is 0 Å². The summed E-state index contributed by atoms with van der Waals surface area (Å²) in [5.74, 6) is -0.243. The number of aryl methyl sites for hydroxylation is 1. The molecule has 6 nitrogen and oxygen atoms in total. The molecular formula is C13H16N2O4. The van der Waals surface area contributed by atoms with Gasteiger partial charge in [-0.25, -0.2) is 0 Å². The van der Waals surface area contributed by atoms with Crippen LogP contribution >= 0.6 is 0 Å². The fourth-order valence-electron chi connectivity index (χ4n) is 1.66. The molecular weight excluding hydrogens is 248 g/mol. The summed E-state index contributed by atoms with van der Waals surface area (Å²) in [7, 11) is 0. The van der Waals surface area contributed by atoms with Crippen LogP contribution in [0.2, 0.25) is 0 Å². The van der Waals surface area contributed by atoms with Crippen molar-refractivity contribution in [2.45, 2.75) is 25.9 Å². The summed E-state index contributed by atoms with van der Waals surface area (Å²) >= 11 is 0. The number of nitrogens with one attached hydrogen (secondary N) is 1. The van der Waals surface area contributed by atoms with E-state index in [2.05, 4.69) is 10.5 Å². The summed E-state index contributed by atoms with van der Waals surface area (Å²) < 4.78 is 5.27. The molecule has 102 valence electrons. The minimum Gasteiger partial charge on any atom is -0.393 e.